The molecule has 1 atom stereocenters. The third-order valence-electron chi connectivity index (χ3n) is 2.94. The highest BCUT2D eigenvalue weighted by molar-refractivity contribution is 5.88. The zero-order valence-corrected chi connectivity index (χ0v) is 9.27. The Kier molecular flexibility index (Phi) is 2.30. The summed E-state index contributed by atoms with van der Waals surface area (Å²) < 4.78 is 5.51. The molecular weight excluding hydrogens is 216 g/mol. The van der Waals surface area contributed by atoms with E-state index in [2.05, 4.69) is 16.9 Å². The van der Waals surface area contributed by atoms with Crippen LogP contribution >= 0.6 is 0 Å². The minimum Gasteiger partial charge on any atom is -0.358 e. The number of carbonyl (C=O) groups excluding carboxylic acids is 1. The molecule has 0 bridgehead atoms. The molecule has 0 spiro atoms. The smallest absolute Gasteiger partial charge is 0.257 e. The molecule has 3 rings (SSSR count). The maximum absolute atomic E-state index is 11.8. The summed E-state index contributed by atoms with van der Waals surface area (Å²) in [7, 11) is 0. The molecule has 0 saturated carbocycles. The molecule has 1 N–H and O–H groups in total. The van der Waals surface area contributed by atoms with Crippen LogP contribution in [0.5, 0.6) is 0 Å². The van der Waals surface area contributed by atoms with Crippen LogP contribution in [-0.4, -0.2) is 23.6 Å². The van der Waals surface area contributed by atoms with Crippen LogP contribution in [-0.2, 0) is 16.0 Å². The molecule has 1 fully saturated rings. The van der Waals surface area contributed by atoms with Gasteiger partial charge >= 0.3 is 0 Å². The van der Waals surface area contributed by atoms with Crippen LogP contribution in [0.1, 0.15) is 11.3 Å². The second-order valence-corrected chi connectivity index (χ2v) is 4.23. The van der Waals surface area contributed by atoms with Gasteiger partial charge in [-0.2, -0.15) is 0 Å². The van der Waals surface area contributed by atoms with Crippen LogP contribution in [0.25, 0.3) is 6.08 Å². The molecule has 1 amide bonds. The average Bonchev–Trinajstić information content (AvgIpc) is 2.72. The largest absolute Gasteiger partial charge is 0.358 e. The lowest BCUT2D eigenvalue weighted by atomic mass is 10.1. The molecule has 4 nitrogen and oxygen atoms in total. The van der Waals surface area contributed by atoms with Gasteiger partial charge < -0.3 is 10.1 Å². The Balaban J connectivity index is 1.84. The minimum absolute atomic E-state index is 0.139. The Morgan fingerprint density at radius 2 is 2.41 bits per heavy atom. The highest BCUT2D eigenvalue weighted by atomic mass is 16.5. The summed E-state index contributed by atoms with van der Waals surface area (Å²) in [6, 6.07) is 3.92. The number of nitrogens with one attached hydrogen (secondary N) is 1. The Bertz CT molecular complexity index is 534. The molecule has 4 heteroatoms. The van der Waals surface area contributed by atoms with E-state index in [0.29, 0.717) is 12.3 Å². The van der Waals surface area contributed by atoms with Crippen molar-refractivity contribution >= 4 is 12.0 Å². The average molecular weight is 228 g/mol. The number of carbonyl (C=O) groups is 1. The van der Waals surface area contributed by atoms with Crippen molar-refractivity contribution in [1.29, 1.82) is 0 Å². The normalized spacial score (nSPS) is 23.1. The lowest BCUT2D eigenvalue weighted by Crippen LogP contribution is -2.43. The van der Waals surface area contributed by atoms with E-state index < -0.39 is 6.10 Å². The number of rotatable bonds is 1. The van der Waals surface area contributed by atoms with Gasteiger partial charge in [0.1, 0.15) is 0 Å². The number of pyridine rings is 1. The van der Waals surface area contributed by atoms with Crippen LogP contribution in [0.15, 0.2) is 36.2 Å². The van der Waals surface area contributed by atoms with Gasteiger partial charge in [0.15, 0.2) is 6.10 Å². The summed E-state index contributed by atoms with van der Waals surface area (Å²) in [6.45, 7) is 4.05. The van der Waals surface area contributed by atoms with Gasteiger partial charge in [0.2, 0.25) is 0 Å². The van der Waals surface area contributed by atoms with E-state index in [1.807, 2.05) is 18.2 Å². The zero-order valence-electron chi connectivity index (χ0n) is 9.27. The van der Waals surface area contributed by atoms with Gasteiger partial charge in [-0.3, -0.25) is 9.78 Å². The van der Waals surface area contributed by atoms with Crippen molar-refractivity contribution < 1.29 is 9.53 Å². The second-order valence-electron chi connectivity index (χ2n) is 4.23. The summed E-state index contributed by atoms with van der Waals surface area (Å²) in [6.07, 6.45) is 3.92. The number of hydrogen-bond acceptors (Lipinski definition) is 3. The van der Waals surface area contributed by atoms with E-state index in [4.69, 9.17) is 4.74 Å². The summed E-state index contributed by atoms with van der Waals surface area (Å²) in [5.74, 6) is -0.139. The number of morpholine rings is 1. The van der Waals surface area contributed by atoms with Crippen molar-refractivity contribution in [3.63, 3.8) is 0 Å². The van der Waals surface area contributed by atoms with Crippen LogP contribution in [0.2, 0.25) is 0 Å². The summed E-state index contributed by atoms with van der Waals surface area (Å²) in [4.78, 5) is 16.0. The molecule has 0 aromatic carbocycles. The topological polar surface area (TPSA) is 51.2 Å². The van der Waals surface area contributed by atoms with E-state index >= 15 is 0 Å². The van der Waals surface area contributed by atoms with Crippen LogP contribution in [0.4, 0.5) is 0 Å². The minimum atomic E-state index is -0.505. The highest BCUT2D eigenvalue weighted by Crippen LogP contribution is 2.27. The Hall–Kier alpha value is -1.94. The number of aromatic nitrogens is 1. The third-order valence-corrected chi connectivity index (χ3v) is 2.94. The lowest BCUT2D eigenvalue weighted by molar-refractivity contribution is -0.132. The van der Waals surface area contributed by atoms with Crippen LogP contribution < -0.4 is 5.32 Å². The molecule has 0 radical (unpaired) electrons. The molecule has 1 aliphatic carbocycles. The fourth-order valence-corrected chi connectivity index (χ4v) is 2.16. The molecule has 1 unspecified atom stereocenters. The first kappa shape index (κ1) is 10.2. The molecule has 1 saturated heterocycles. The van der Waals surface area contributed by atoms with Crippen LogP contribution in [0, 0.1) is 0 Å². The number of ether oxygens (including phenoxy) is 1. The Morgan fingerprint density at radius 3 is 3.18 bits per heavy atom. The van der Waals surface area contributed by atoms with Gasteiger partial charge in [-0.15, -0.1) is 0 Å². The predicted molar refractivity (Wildman–Crippen MR) is 62.9 cm³/mol. The first-order chi connectivity index (χ1) is 8.24. The van der Waals surface area contributed by atoms with E-state index in [-0.39, 0.29) is 5.91 Å². The van der Waals surface area contributed by atoms with Crippen molar-refractivity contribution in [3.05, 3.63) is 47.4 Å². The molecule has 17 heavy (non-hydrogen) atoms. The molecule has 2 heterocycles. The maximum atomic E-state index is 11.8. The van der Waals surface area contributed by atoms with E-state index in [1.54, 1.807) is 6.20 Å². The van der Waals surface area contributed by atoms with Gasteiger partial charge in [-0.05, 0) is 29.7 Å². The van der Waals surface area contributed by atoms with Crippen LogP contribution in [0.3, 0.4) is 0 Å². The quantitative estimate of drug-likeness (QED) is 0.781. The SMILES string of the molecule is C=C1COC(C2=Cc3ncccc3C2)C(=O)N1. The van der Waals surface area contributed by atoms with Gasteiger partial charge in [0, 0.05) is 11.9 Å². The van der Waals surface area contributed by atoms with Crippen molar-refractivity contribution in [1.82, 2.24) is 10.3 Å². The molecule has 1 aromatic heterocycles. The fourth-order valence-electron chi connectivity index (χ4n) is 2.16. The Labute approximate surface area is 99.0 Å². The van der Waals surface area contributed by atoms with Gasteiger partial charge in [-0.1, -0.05) is 12.6 Å². The molecule has 1 aliphatic heterocycles. The zero-order chi connectivity index (χ0) is 11.8. The number of fused-ring (bicyclic) bond motifs is 1. The van der Waals surface area contributed by atoms with Gasteiger partial charge in [0.25, 0.3) is 5.91 Å². The van der Waals surface area contributed by atoms with Crippen molar-refractivity contribution in [3.8, 4) is 0 Å². The molecular formula is C13H12N2O2. The highest BCUT2D eigenvalue weighted by Gasteiger charge is 2.30. The summed E-state index contributed by atoms with van der Waals surface area (Å²) in [5.41, 5.74) is 3.65. The molecule has 86 valence electrons. The maximum Gasteiger partial charge on any atom is 0.257 e. The van der Waals surface area contributed by atoms with E-state index in [9.17, 15) is 4.79 Å². The number of amides is 1. The first-order valence-corrected chi connectivity index (χ1v) is 5.48. The van der Waals surface area contributed by atoms with Crippen molar-refractivity contribution in [2.24, 2.45) is 0 Å². The number of hydrogen-bond donors (Lipinski definition) is 1. The van der Waals surface area contributed by atoms with Crippen molar-refractivity contribution in [2.45, 2.75) is 12.5 Å². The van der Waals surface area contributed by atoms with E-state index in [0.717, 1.165) is 23.3 Å². The van der Waals surface area contributed by atoms with Gasteiger partial charge in [0.05, 0.1) is 12.3 Å². The van der Waals surface area contributed by atoms with Gasteiger partial charge in [-0.25, -0.2) is 0 Å². The predicted octanol–water partition coefficient (Wildman–Crippen LogP) is 1.05. The lowest BCUT2D eigenvalue weighted by Gasteiger charge is -2.24. The van der Waals surface area contributed by atoms with Crippen molar-refractivity contribution in [2.75, 3.05) is 6.61 Å². The fraction of sp³-hybridized carbons (Fsp3) is 0.231. The molecule has 2 aliphatic rings. The second kappa shape index (κ2) is 3.82. The van der Waals surface area contributed by atoms with E-state index in [1.165, 1.54) is 0 Å². The Morgan fingerprint density at radius 1 is 1.53 bits per heavy atom. The summed E-state index contributed by atoms with van der Waals surface area (Å²) in [5, 5.41) is 2.71. The summed E-state index contributed by atoms with van der Waals surface area (Å²) >= 11 is 0. The number of nitrogens with zero attached hydrogens (tertiary/aromatic N) is 1. The molecule has 1 aromatic rings. The monoisotopic (exact) mass is 228 g/mol. The third kappa shape index (κ3) is 1.76. The first-order valence-electron chi connectivity index (χ1n) is 5.48. The standard InChI is InChI=1S/C13H12N2O2/c1-8-7-17-12(13(16)15-8)10-5-9-3-2-4-14-11(9)6-10/h2-4,6,12H,1,5,7H2,(H,15,16).